The number of likely N-dealkylation sites (N-methyl/N-ethyl adjacent to an activating group) is 1. The van der Waals surface area contributed by atoms with Crippen molar-refractivity contribution in [1.82, 2.24) is 4.90 Å². The van der Waals surface area contributed by atoms with E-state index in [1.165, 1.54) is 44.5 Å². The number of unbranched alkanes of at least 4 members (excludes halogenated alkanes) is 3. The summed E-state index contributed by atoms with van der Waals surface area (Å²) in [4.78, 5) is 2.55. The Morgan fingerprint density at radius 2 is 1.95 bits per heavy atom. The third-order valence-corrected chi connectivity index (χ3v) is 4.28. The molecule has 0 saturated carbocycles. The summed E-state index contributed by atoms with van der Waals surface area (Å²) in [6.07, 6.45) is 6.70. The summed E-state index contributed by atoms with van der Waals surface area (Å²) in [5.41, 5.74) is 6.05. The third kappa shape index (κ3) is 4.48. The molecule has 0 aromatic rings. The molecule has 1 aliphatic heterocycles. The molecule has 3 nitrogen and oxygen atoms in total. The summed E-state index contributed by atoms with van der Waals surface area (Å²) in [5.74, 6) is 1.54. The highest BCUT2D eigenvalue weighted by atomic mass is 15.3. The summed E-state index contributed by atoms with van der Waals surface area (Å²) in [7, 11) is 0. The standard InChI is InChI=1S/C16H34N3/c1-5-7-8-9-10-16(3,4)15-18(6-2)13-14-19(15)12-11-17/h5-14,17H2,1-4H3/q+1. The van der Waals surface area contributed by atoms with E-state index in [1.54, 1.807) is 0 Å². The van der Waals surface area contributed by atoms with Crippen LogP contribution >= 0.6 is 0 Å². The van der Waals surface area contributed by atoms with Crippen LogP contribution in [0.4, 0.5) is 0 Å². The van der Waals surface area contributed by atoms with Gasteiger partial charge in [0.2, 0.25) is 0 Å². The van der Waals surface area contributed by atoms with Crippen molar-refractivity contribution >= 4 is 5.84 Å². The molecular formula is C16H34N3+. The Balaban J connectivity index is 2.72. The molecule has 0 unspecified atom stereocenters. The molecule has 1 heterocycles. The molecule has 0 bridgehead atoms. The maximum Gasteiger partial charge on any atom is 0.252 e. The second-order valence-corrected chi connectivity index (χ2v) is 6.37. The number of nitrogens with zero attached hydrogens (tertiary/aromatic N) is 2. The van der Waals surface area contributed by atoms with E-state index in [2.05, 4.69) is 37.2 Å². The van der Waals surface area contributed by atoms with Crippen molar-refractivity contribution in [3.8, 4) is 0 Å². The van der Waals surface area contributed by atoms with E-state index in [4.69, 9.17) is 5.73 Å². The molecule has 0 saturated heterocycles. The number of hydrogen-bond donors (Lipinski definition) is 1. The molecule has 1 aliphatic rings. The van der Waals surface area contributed by atoms with Gasteiger partial charge in [-0.3, -0.25) is 9.48 Å². The van der Waals surface area contributed by atoms with Crippen molar-refractivity contribution in [3.05, 3.63) is 0 Å². The number of hydrogen-bond acceptors (Lipinski definition) is 2. The molecule has 2 N–H and O–H groups in total. The Morgan fingerprint density at radius 3 is 2.53 bits per heavy atom. The van der Waals surface area contributed by atoms with Gasteiger partial charge in [0.1, 0.15) is 13.1 Å². The number of rotatable bonds is 9. The van der Waals surface area contributed by atoms with Gasteiger partial charge >= 0.3 is 0 Å². The van der Waals surface area contributed by atoms with E-state index in [0.717, 1.165) is 26.2 Å². The highest BCUT2D eigenvalue weighted by Gasteiger charge is 2.40. The quantitative estimate of drug-likeness (QED) is 0.515. The molecule has 3 heteroatoms. The van der Waals surface area contributed by atoms with Crippen LogP contribution in [0.15, 0.2) is 0 Å². The third-order valence-electron chi connectivity index (χ3n) is 4.28. The zero-order chi connectivity index (χ0) is 14.3. The molecule has 0 aromatic heterocycles. The summed E-state index contributed by atoms with van der Waals surface area (Å²) in [5, 5.41) is 0. The first-order valence-electron chi connectivity index (χ1n) is 8.14. The zero-order valence-electron chi connectivity index (χ0n) is 13.5. The van der Waals surface area contributed by atoms with Gasteiger partial charge < -0.3 is 5.73 Å². The lowest BCUT2D eigenvalue weighted by molar-refractivity contribution is -0.519. The Labute approximate surface area is 119 Å². The maximum absolute atomic E-state index is 5.77. The van der Waals surface area contributed by atoms with Crippen LogP contribution in [0.2, 0.25) is 0 Å². The first-order chi connectivity index (χ1) is 9.06. The van der Waals surface area contributed by atoms with Crippen LogP contribution in [0.3, 0.4) is 0 Å². The summed E-state index contributed by atoms with van der Waals surface area (Å²) >= 11 is 0. The molecule has 112 valence electrons. The maximum atomic E-state index is 5.77. The fraction of sp³-hybridized carbons (Fsp3) is 0.938. The molecule has 19 heavy (non-hydrogen) atoms. The normalized spacial score (nSPS) is 16.6. The first-order valence-corrected chi connectivity index (χ1v) is 8.14. The average Bonchev–Trinajstić information content (AvgIpc) is 2.79. The Hall–Kier alpha value is -0.570. The van der Waals surface area contributed by atoms with Crippen LogP contribution in [0.1, 0.15) is 59.8 Å². The van der Waals surface area contributed by atoms with Gasteiger partial charge in [0.05, 0.1) is 18.5 Å². The molecule has 0 atom stereocenters. The highest BCUT2D eigenvalue weighted by molar-refractivity contribution is 5.84. The van der Waals surface area contributed by atoms with Crippen LogP contribution in [0.25, 0.3) is 0 Å². The predicted molar refractivity (Wildman–Crippen MR) is 83.8 cm³/mol. The minimum absolute atomic E-state index is 0.287. The van der Waals surface area contributed by atoms with Gasteiger partial charge in [-0.1, -0.05) is 32.6 Å². The number of amidine groups is 1. The SMILES string of the molecule is CCCCCCC(C)(C)C1=[N+](CCN)CCN1CC. The average molecular weight is 268 g/mol. The first kappa shape index (κ1) is 16.5. The van der Waals surface area contributed by atoms with Gasteiger partial charge in [-0.15, -0.1) is 0 Å². The van der Waals surface area contributed by atoms with Gasteiger partial charge in [-0.25, -0.2) is 0 Å². The lowest BCUT2D eigenvalue weighted by Crippen LogP contribution is -2.41. The van der Waals surface area contributed by atoms with E-state index in [0.29, 0.717) is 0 Å². The van der Waals surface area contributed by atoms with E-state index < -0.39 is 0 Å². The van der Waals surface area contributed by atoms with Crippen molar-refractivity contribution in [2.24, 2.45) is 11.1 Å². The fourth-order valence-electron chi connectivity index (χ4n) is 3.30. The van der Waals surface area contributed by atoms with Gasteiger partial charge in [-0.05, 0) is 27.2 Å². The molecule has 0 aromatic carbocycles. The minimum Gasteiger partial charge on any atom is -0.327 e. The zero-order valence-corrected chi connectivity index (χ0v) is 13.5. The van der Waals surface area contributed by atoms with E-state index in [9.17, 15) is 0 Å². The largest absolute Gasteiger partial charge is 0.327 e. The van der Waals surface area contributed by atoms with Gasteiger partial charge in [0.15, 0.2) is 0 Å². The van der Waals surface area contributed by atoms with Crippen LogP contribution in [-0.2, 0) is 0 Å². The lowest BCUT2D eigenvalue weighted by Gasteiger charge is -2.27. The van der Waals surface area contributed by atoms with Gasteiger partial charge in [0.25, 0.3) is 5.84 Å². The highest BCUT2D eigenvalue weighted by Crippen LogP contribution is 2.29. The summed E-state index contributed by atoms with van der Waals surface area (Å²) in [6.45, 7) is 14.6. The second kappa shape index (κ2) is 7.88. The van der Waals surface area contributed by atoms with Crippen LogP contribution in [-0.4, -0.2) is 48.0 Å². The smallest absolute Gasteiger partial charge is 0.252 e. The van der Waals surface area contributed by atoms with Gasteiger partial charge in [0, 0.05) is 6.54 Å². The number of nitrogens with two attached hydrogens (primary N) is 1. The Morgan fingerprint density at radius 1 is 1.21 bits per heavy atom. The van der Waals surface area contributed by atoms with Crippen molar-refractivity contribution in [2.75, 3.05) is 32.7 Å². The molecule has 1 rings (SSSR count). The Bertz CT molecular complexity index is 294. The molecule has 0 amide bonds. The van der Waals surface area contributed by atoms with E-state index >= 15 is 0 Å². The molecule has 0 spiro atoms. The predicted octanol–water partition coefficient (Wildman–Crippen LogP) is 2.69. The Kier molecular flexibility index (Phi) is 6.84. The van der Waals surface area contributed by atoms with Crippen LogP contribution in [0.5, 0.6) is 0 Å². The second-order valence-electron chi connectivity index (χ2n) is 6.37. The van der Waals surface area contributed by atoms with E-state index in [-0.39, 0.29) is 5.41 Å². The van der Waals surface area contributed by atoms with Crippen molar-refractivity contribution in [3.63, 3.8) is 0 Å². The topological polar surface area (TPSA) is 32.3 Å². The van der Waals surface area contributed by atoms with Crippen molar-refractivity contribution < 1.29 is 4.58 Å². The summed E-state index contributed by atoms with van der Waals surface area (Å²) < 4.78 is 2.52. The fourth-order valence-corrected chi connectivity index (χ4v) is 3.30. The minimum atomic E-state index is 0.287. The molecular weight excluding hydrogens is 234 g/mol. The van der Waals surface area contributed by atoms with Crippen molar-refractivity contribution in [1.29, 1.82) is 0 Å². The monoisotopic (exact) mass is 268 g/mol. The summed E-state index contributed by atoms with van der Waals surface area (Å²) in [6, 6.07) is 0. The van der Waals surface area contributed by atoms with E-state index in [1.807, 2.05) is 0 Å². The molecule has 0 radical (unpaired) electrons. The van der Waals surface area contributed by atoms with Gasteiger partial charge in [-0.2, -0.15) is 0 Å². The molecule has 0 aliphatic carbocycles. The van der Waals surface area contributed by atoms with Crippen molar-refractivity contribution in [2.45, 2.75) is 59.8 Å². The molecule has 0 fully saturated rings. The van der Waals surface area contributed by atoms with Crippen LogP contribution < -0.4 is 5.73 Å². The van der Waals surface area contributed by atoms with Crippen LogP contribution in [0, 0.1) is 5.41 Å². The lowest BCUT2D eigenvalue weighted by atomic mass is 9.84.